The summed E-state index contributed by atoms with van der Waals surface area (Å²) in [6.45, 7) is 7.07. The number of nitrogens with zero attached hydrogens (tertiary/aromatic N) is 3. The van der Waals surface area contributed by atoms with Gasteiger partial charge in [-0.3, -0.25) is 4.79 Å². The maximum absolute atomic E-state index is 12.7. The van der Waals surface area contributed by atoms with Gasteiger partial charge < -0.3 is 10.2 Å². The molecule has 3 rings (SSSR count). The molecule has 1 atom stereocenters. The Morgan fingerprint density at radius 2 is 1.96 bits per heavy atom. The van der Waals surface area contributed by atoms with Gasteiger partial charge in [0.05, 0.1) is 12.4 Å². The SMILES string of the molecule is CCC1CCCCN1C(=O)c1cnc(Nc2c(C)cccc2C)cn1. The summed E-state index contributed by atoms with van der Waals surface area (Å²) >= 11 is 0. The maximum Gasteiger partial charge on any atom is 0.274 e. The van der Waals surface area contributed by atoms with E-state index < -0.39 is 0 Å². The number of aromatic nitrogens is 2. The van der Waals surface area contributed by atoms with E-state index in [0.717, 1.165) is 42.6 Å². The summed E-state index contributed by atoms with van der Waals surface area (Å²) in [5.74, 6) is 0.650. The lowest BCUT2D eigenvalue weighted by Gasteiger charge is -2.34. The van der Waals surface area contributed by atoms with Crippen molar-refractivity contribution >= 4 is 17.4 Å². The minimum atomic E-state index is -0.00216. The van der Waals surface area contributed by atoms with Gasteiger partial charge >= 0.3 is 0 Å². The van der Waals surface area contributed by atoms with Crippen LogP contribution >= 0.6 is 0 Å². The highest BCUT2D eigenvalue weighted by Crippen LogP contribution is 2.24. The largest absolute Gasteiger partial charge is 0.339 e. The molecule has 1 aliphatic rings. The number of nitrogens with one attached hydrogen (secondary N) is 1. The van der Waals surface area contributed by atoms with Crippen LogP contribution in [0.25, 0.3) is 0 Å². The number of para-hydroxylation sites is 1. The van der Waals surface area contributed by atoms with Crippen LogP contribution in [0.3, 0.4) is 0 Å². The quantitative estimate of drug-likeness (QED) is 0.906. The number of aryl methyl sites for hydroxylation is 2. The van der Waals surface area contributed by atoms with Crippen molar-refractivity contribution in [2.75, 3.05) is 11.9 Å². The molecule has 2 aromatic rings. The maximum atomic E-state index is 12.7. The summed E-state index contributed by atoms with van der Waals surface area (Å²) < 4.78 is 0. The zero-order valence-electron chi connectivity index (χ0n) is 15.2. The molecule has 0 bridgehead atoms. The Kier molecular flexibility index (Phi) is 5.31. The highest BCUT2D eigenvalue weighted by atomic mass is 16.2. The number of hydrogen-bond donors (Lipinski definition) is 1. The predicted molar refractivity (Wildman–Crippen MR) is 100 cm³/mol. The molecule has 1 unspecified atom stereocenters. The molecule has 5 heteroatoms. The van der Waals surface area contributed by atoms with Crippen LogP contribution in [-0.2, 0) is 0 Å². The first-order chi connectivity index (χ1) is 12.1. The lowest BCUT2D eigenvalue weighted by molar-refractivity contribution is 0.0601. The van der Waals surface area contributed by atoms with Crippen molar-refractivity contribution in [1.29, 1.82) is 0 Å². The molecule has 0 aliphatic carbocycles. The number of hydrogen-bond acceptors (Lipinski definition) is 4. The topological polar surface area (TPSA) is 58.1 Å². The van der Waals surface area contributed by atoms with Crippen molar-refractivity contribution < 1.29 is 4.79 Å². The monoisotopic (exact) mass is 338 g/mol. The molecule has 1 amide bonds. The number of likely N-dealkylation sites (tertiary alicyclic amines) is 1. The van der Waals surface area contributed by atoms with Crippen LogP contribution in [0.2, 0.25) is 0 Å². The minimum Gasteiger partial charge on any atom is -0.339 e. The van der Waals surface area contributed by atoms with E-state index in [1.54, 1.807) is 12.4 Å². The normalized spacial score (nSPS) is 17.4. The van der Waals surface area contributed by atoms with Gasteiger partial charge in [-0.25, -0.2) is 9.97 Å². The molecule has 1 fully saturated rings. The zero-order valence-corrected chi connectivity index (χ0v) is 15.2. The lowest BCUT2D eigenvalue weighted by atomic mass is 10.00. The first-order valence-corrected chi connectivity index (χ1v) is 9.06. The number of benzene rings is 1. The molecule has 5 nitrogen and oxygen atoms in total. The molecule has 132 valence electrons. The number of carbonyl (C=O) groups excluding carboxylic acids is 1. The Labute approximate surface area is 149 Å². The fourth-order valence-electron chi connectivity index (χ4n) is 3.48. The van der Waals surface area contributed by atoms with Gasteiger partial charge in [-0.05, 0) is 50.7 Å². The van der Waals surface area contributed by atoms with E-state index in [-0.39, 0.29) is 5.91 Å². The summed E-state index contributed by atoms with van der Waals surface area (Å²) in [7, 11) is 0. The van der Waals surface area contributed by atoms with Crippen LogP contribution in [0.5, 0.6) is 0 Å². The summed E-state index contributed by atoms with van der Waals surface area (Å²) in [5, 5.41) is 3.31. The molecule has 0 saturated carbocycles. The van der Waals surface area contributed by atoms with Gasteiger partial charge in [0.25, 0.3) is 5.91 Å². The second kappa shape index (κ2) is 7.64. The standard InChI is InChI=1S/C20H26N4O/c1-4-16-10-5-6-11-24(16)20(25)17-12-22-18(13-21-17)23-19-14(2)8-7-9-15(19)3/h7-9,12-13,16H,4-6,10-11H2,1-3H3,(H,22,23). The number of piperidine rings is 1. The molecule has 1 saturated heterocycles. The lowest BCUT2D eigenvalue weighted by Crippen LogP contribution is -2.43. The van der Waals surface area contributed by atoms with Crippen LogP contribution < -0.4 is 5.32 Å². The summed E-state index contributed by atoms with van der Waals surface area (Å²) in [6, 6.07) is 6.48. The molecule has 0 radical (unpaired) electrons. The van der Waals surface area contributed by atoms with E-state index in [1.165, 1.54) is 6.42 Å². The Morgan fingerprint density at radius 3 is 2.60 bits per heavy atom. The molecular formula is C20H26N4O. The van der Waals surface area contributed by atoms with Gasteiger partial charge in [0.2, 0.25) is 0 Å². The first-order valence-electron chi connectivity index (χ1n) is 9.06. The van der Waals surface area contributed by atoms with Crippen molar-refractivity contribution in [3.63, 3.8) is 0 Å². The molecule has 2 heterocycles. The minimum absolute atomic E-state index is 0.00216. The van der Waals surface area contributed by atoms with Gasteiger partial charge in [-0.1, -0.05) is 25.1 Å². The number of rotatable bonds is 4. The van der Waals surface area contributed by atoms with Gasteiger partial charge in [0.15, 0.2) is 0 Å². The number of amides is 1. The molecule has 1 aromatic heterocycles. The van der Waals surface area contributed by atoms with Crippen molar-refractivity contribution in [3.05, 3.63) is 47.4 Å². The highest BCUT2D eigenvalue weighted by molar-refractivity contribution is 5.92. The molecule has 25 heavy (non-hydrogen) atoms. The average molecular weight is 338 g/mol. The first kappa shape index (κ1) is 17.4. The van der Waals surface area contributed by atoms with E-state index in [1.807, 2.05) is 11.0 Å². The van der Waals surface area contributed by atoms with Gasteiger partial charge in [-0.2, -0.15) is 0 Å². The van der Waals surface area contributed by atoms with Crippen molar-refractivity contribution in [3.8, 4) is 0 Å². The number of anilines is 2. The van der Waals surface area contributed by atoms with Gasteiger partial charge in [-0.15, -0.1) is 0 Å². The second-order valence-corrected chi connectivity index (χ2v) is 6.74. The third kappa shape index (κ3) is 3.81. The van der Waals surface area contributed by atoms with Crippen LogP contribution in [0.15, 0.2) is 30.6 Å². The van der Waals surface area contributed by atoms with Crippen molar-refractivity contribution in [1.82, 2.24) is 14.9 Å². The fraction of sp³-hybridized carbons (Fsp3) is 0.450. The zero-order chi connectivity index (χ0) is 17.8. The summed E-state index contributed by atoms with van der Waals surface area (Å²) in [5.41, 5.74) is 3.77. The molecule has 1 aliphatic heterocycles. The smallest absolute Gasteiger partial charge is 0.274 e. The molecule has 0 spiro atoms. The van der Waals surface area contributed by atoms with Crippen LogP contribution in [0.4, 0.5) is 11.5 Å². The van der Waals surface area contributed by atoms with E-state index in [9.17, 15) is 4.79 Å². The molecule has 1 N–H and O–H groups in total. The summed E-state index contributed by atoms with van der Waals surface area (Å²) in [6.07, 6.45) is 7.57. The van der Waals surface area contributed by atoms with E-state index in [0.29, 0.717) is 17.6 Å². The average Bonchev–Trinajstić information content (AvgIpc) is 2.65. The second-order valence-electron chi connectivity index (χ2n) is 6.74. The van der Waals surface area contributed by atoms with Crippen LogP contribution in [-0.4, -0.2) is 33.4 Å². The Morgan fingerprint density at radius 1 is 1.20 bits per heavy atom. The molecule has 1 aromatic carbocycles. The highest BCUT2D eigenvalue weighted by Gasteiger charge is 2.27. The third-order valence-electron chi connectivity index (χ3n) is 4.96. The fourth-order valence-corrected chi connectivity index (χ4v) is 3.48. The summed E-state index contributed by atoms with van der Waals surface area (Å²) in [4.78, 5) is 23.5. The Bertz CT molecular complexity index is 722. The Balaban J connectivity index is 1.74. The van der Waals surface area contributed by atoms with E-state index in [2.05, 4.69) is 48.2 Å². The molecular weight excluding hydrogens is 312 g/mol. The van der Waals surface area contributed by atoms with Gasteiger partial charge in [0.1, 0.15) is 11.5 Å². The number of carbonyl (C=O) groups is 1. The van der Waals surface area contributed by atoms with Crippen molar-refractivity contribution in [2.24, 2.45) is 0 Å². The third-order valence-corrected chi connectivity index (χ3v) is 4.96. The van der Waals surface area contributed by atoms with Crippen LogP contribution in [0.1, 0.15) is 54.2 Å². The predicted octanol–water partition coefficient (Wildman–Crippen LogP) is 4.24. The van der Waals surface area contributed by atoms with Crippen LogP contribution in [0, 0.1) is 13.8 Å². The Hall–Kier alpha value is -2.43. The van der Waals surface area contributed by atoms with Crippen molar-refractivity contribution in [2.45, 2.75) is 52.5 Å². The van der Waals surface area contributed by atoms with Gasteiger partial charge in [0, 0.05) is 18.3 Å². The van der Waals surface area contributed by atoms with E-state index in [4.69, 9.17) is 0 Å². The van der Waals surface area contributed by atoms with E-state index >= 15 is 0 Å².